The molecule has 1 heterocycles. The zero-order chi connectivity index (χ0) is 13.0. The van der Waals surface area contributed by atoms with Gasteiger partial charge in [0.15, 0.2) is 4.73 Å². The van der Waals surface area contributed by atoms with Crippen molar-refractivity contribution in [1.29, 1.82) is 0 Å². The monoisotopic (exact) mass is 425 g/mol. The molecule has 0 bridgehead atoms. The van der Waals surface area contributed by atoms with Gasteiger partial charge in [0.05, 0.1) is 0 Å². The molecule has 92 valence electrons. The van der Waals surface area contributed by atoms with Gasteiger partial charge >= 0.3 is 6.03 Å². The van der Waals surface area contributed by atoms with Crippen LogP contribution in [0.5, 0.6) is 0 Å². The van der Waals surface area contributed by atoms with Crippen LogP contribution in [0.15, 0.2) is 39.2 Å². The molecule has 0 saturated carbocycles. The van der Waals surface area contributed by atoms with Crippen molar-refractivity contribution < 1.29 is 4.79 Å². The van der Waals surface area contributed by atoms with Gasteiger partial charge in [-0.25, -0.2) is 14.3 Å². The predicted octanol–water partition coefficient (Wildman–Crippen LogP) is 3.81. The van der Waals surface area contributed by atoms with Crippen molar-refractivity contribution in [1.82, 2.24) is 14.5 Å². The molecule has 17 heavy (non-hydrogen) atoms. The Hall–Kier alpha value is -0.400. The number of hydrogen-bond acceptors (Lipinski definition) is 2. The summed E-state index contributed by atoms with van der Waals surface area (Å²) < 4.78 is 2.97. The van der Waals surface area contributed by atoms with E-state index in [1.807, 2.05) is 0 Å². The normalized spacial score (nSPS) is 10.1. The Morgan fingerprint density at radius 2 is 1.82 bits per heavy atom. The first-order valence-corrected chi connectivity index (χ1v) is 7.01. The van der Waals surface area contributed by atoms with Crippen LogP contribution in [-0.2, 0) is 0 Å². The van der Waals surface area contributed by atoms with Gasteiger partial charge in [-0.2, -0.15) is 0 Å². The number of nitrogens with zero attached hydrogens (tertiary/aromatic N) is 3. The molecule has 0 unspecified atom stereocenters. The Bertz CT molecular complexity index is 446. The molecule has 1 rings (SSSR count). The van der Waals surface area contributed by atoms with Crippen molar-refractivity contribution in [3.8, 4) is 0 Å². The fourth-order valence-electron chi connectivity index (χ4n) is 1.20. The van der Waals surface area contributed by atoms with Crippen molar-refractivity contribution >= 4 is 53.8 Å². The Morgan fingerprint density at radius 1 is 1.29 bits per heavy atom. The third-order valence-electron chi connectivity index (χ3n) is 1.90. The van der Waals surface area contributed by atoms with Gasteiger partial charge in [0, 0.05) is 13.1 Å². The Morgan fingerprint density at radius 3 is 2.18 bits per heavy atom. The van der Waals surface area contributed by atoms with Crippen LogP contribution >= 0.6 is 47.8 Å². The average molecular weight is 428 g/mol. The molecule has 7 heteroatoms. The van der Waals surface area contributed by atoms with E-state index in [2.05, 4.69) is 65.9 Å². The summed E-state index contributed by atoms with van der Waals surface area (Å²) in [7, 11) is 0. The van der Waals surface area contributed by atoms with E-state index in [1.165, 1.54) is 4.57 Å². The standard InChI is InChI=1S/C10H10Br3N3O/c1-3-5-15(6-4-2)10(17)16-8(12)7(11)14-9(16)13/h3-4H,1-2,5-6H2. The highest BCUT2D eigenvalue weighted by Crippen LogP contribution is 2.27. The molecule has 0 radical (unpaired) electrons. The topological polar surface area (TPSA) is 38.1 Å². The minimum absolute atomic E-state index is 0.207. The summed E-state index contributed by atoms with van der Waals surface area (Å²) in [5, 5.41) is 0. The summed E-state index contributed by atoms with van der Waals surface area (Å²) >= 11 is 9.77. The minimum Gasteiger partial charge on any atom is -0.317 e. The van der Waals surface area contributed by atoms with E-state index in [9.17, 15) is 4.79 Å². The summed E-state index contributed by atoms with van der Waals surface area (Å²) in [6.07, 6.45) is 3.32. The van der Waals surface area contributed by atoms with Gasteiger partial charge in [0.2, 0.25) is 0 Å². The second-order valence-corrected chi connectivity index (χ2v) is 5.27. The predicted molar refractivity (Wildman–Crippen MR) is 78.1 cm³/mol. The molecule has 0 atom stereocenters. The second-order valence-electron chi connectivity index (χ2n) is 3.06. The largest absolute Gasteiger partial charge is 0.331 e. The summed E-state index contributed by atoms with van der Waals surface area (Å²) in [5.41, 5.74) is 0. The number of amides is 1. The lowest BCUT2D eigenvalue weighted by Gasteiger charge is -2.20. The quantitative estimate of drug-likeness (QED) is 0.685. The molecule has 1 aromatic rings. The van der Waals surface area contributed by atoms with E-state index >= 15 is 0 Å². The van der Waals surface area contributed by atoms with Crippen LogP contribution in [0.1, 0.15) is 0 Å². The van der Waals surface area contributed by atoms with E-state index in [0.29, 0.717) is 27.0 Å². The molecule has 0 aliphatic carbocycles. The summed E-state index contributed by atoms with van der Waals surface area (Å²) in [6.45, 7) is 8.13. The molecular weight excluding hydrogens is 418 g/mol. The van der Waals surface area contributed by atoms with E-state index < -0.39 is 0 Å². The lowest BCUT2D eigenvalue weighted by atomic mass is 10.4. The van der Waals surface area contributed by atoms with Crippen molar-refractivity contribution in [2.24, 2.45) is 0 Å². The molecule has 0 saturated heterocycles. The maximum atomic E-state index is 12.3. The number of carbonyl (C=O) groups is 1. The SMILES string of the molecule is C=CCN(CC=C)C(=O)n1c(Br)nc(Br)c1Br. The van der Waals surface area contributed by atoms with Gasteiger partial charge < -0.3 is 4.90 Å². The molecule has 0 aliphatic rings. The van der Waals surface area contributed by atoms with Crippen molar-refractivity contribution in [2.45, 2.75) is 0 Å². The Balaban J connectivity index is 3.08. The third kappa shape index (κ3) is 3.29. The summed E-state index contributed by atoms with van der Waals surface area (Å²) in [6, 6.07) is -0.207. The lowest BCUT2D eigenvalue weighted by Crippen LogP contribution is -2.35. The fourth-order valence-corrected chi connectivity index (χ4v) is 2.93. The van der Waals surface area contributed by atoms with Crippen molar-refractivity contribution in [2.75, 3.05) is 13.1 Å². The van der Waals surface area contributed by atoms with Crippen LogP contribution in [0.2, 0.25) is 0 Å². The van der Waals surface area contributed by atoms with Crippen LogP contribution in [0.25, 0.3) is 0 Å². The van der Waals surface area contributed by atoms with E-state index in [4.69, 9.17) is 0 Å². The van der Waals surface area contributed by atoms with Crippen LogP contribution in [-0.4, -0.2) is 33.6 Å². The van der Waals surface area contributed by atoms with Gasteiger partial charge in [-0.1, -0.05) is 12.2 Å². The average Bonchev–Trinajstić information content (AvgIpc) is 2.52. The molecule has 0 fully saturated rings. The van der Waals surface area contributed by atoms with Gasteiger partial charge in [0.1, 0.15) is 9.21 Å². The van der Waals surface area contributed by atoms with Crippen LogP contribution < -0.4 is 0 Å². The highest BCUT2D eigenvalue weighted by molar-refractivity contribution is 9.13. The number of rotatable bonds is 4. The van der Waals surface area contributed by atoms with Crippen LogP contribution in [0.3, 0.4) is 0 Å². The molecule has 1 amide bonds. The zero-order valence-corrected chi connectivity index (χ0v) is 13.6. The molecule has 0 aromatic carbocycles. The highest BCUT2D eigenvalue weighted by atomic mass is 79.9. The molecule has 0 N–H and O–H groups in total. The first-order valence-electron chi connectivity index (χ1n) is 4.63. The Labute approximate surface area is 125 Å². The summed E-state index contributed by atoms with van der Waals surface area (Å²) in [4.78, 5) is 17.9. The first kappa shape index (κ1) is 14.7. The van der Waals surface area contributed by atoms with Crippen molar-refractivity contribution in [3.05, 3.63) is 39.2 Å². The van der Waals surface area contributed by atoms with Gasteiger partial charge in [0.25, 0.3) is 0 Å². The third-order valence-corrected chi connectivity index (χ3v) is 4.25. The van der Waals surface area contributed by atoms with Gasteiger partial charge in [-0.3, -0.25) is 0 Å². The Kier molecular flexibility index (Phi) is 5.61. The molecule has 0 aliphatic heterocycles. The van der Waals surface area contributed by atoms with E-state index in [1.54, 1.807) is 17.1 Å². The number of carbonyl (C=O) groups excluding carboxylic acids is 1. The zero-order valence-electron chi connectivity index (χ0n) is 8.87. The lowest BCUT2D eigenvalue weighted by molar-refractivity contribution is 0.209. The van der Waals surface area contributed by atoms with Crippen LogP contribution in [0, 0.1) is 0 Å². The second kappa shape index (κ2) is 6.51. The molecule has 1 aromatic heterocycles. The summed E-state index contributed by atoms with van der Waals surface area (Å²) in [5.74, 6) is 0. The van der Waals surface area contributed by atoms with E-state index in [-0.39, 0.29) is 6.03 Å². The van der Waals surface area contributed by atoms with E-state index in [0.717, 1.165) is 0 Å². The fraction of sp³-hybridized carbons (Fsp3) is 0.200. The molecule has 0 spiro atoms. The maximum Gasteiger partial charge on any atom is 0.331 e. The number of halogens is 3. The maximum absolute atomic E-state index is 12.3. The first-order chi connectivity index (χ1) is 8.02. The molecular formula is C10H10Br3N3O. The number of hydrogen-bond donors (Lipinski definition) is 0. The number of aromatic nitrogens is 2. The highest BCUT2D eigenvalue weighted by Gasteiger charge is 2.21. The van der Waals surface area contributed by atoms with Gasteiger partial charge in [-0.15, -0.1) is 13.2 Å². The number of imidazole rings is 1. The van der Waals surface area contributed by atoms with Gasteiger partial charge in [-0.05, 0) is 47.8 Å². The van der Waals surface area contributed by atoms with Crippen molar-refractivity contribution in [3.63, 3.8) is 0 Å². The molecule has 4 nitrogen and oxygen atoms in total. The minimum atomic E-state index is -0.207. The van der Waals surface area contributed by atoms with Crippen LogP contribution in [0.4, 0.5) is 4.79 Å². The smallest absolute Gasteiger partial charge is 0.317 e.